The van der Waals surface area contributed by atoms with Crippen LogP contribution in [0.25, 0.3) is 0 Å². The fourth-order valence-electron chi connectivity index (χ4n) is 2.66. The summed E-state index contributed by atoms with van der Waals surface area (Å²) < 4.78 is 5.56. The Bertz CT molecular complexity index is 552. The number of nitrogens with one attached hydrogen (secondary N) is 1. The zero-order valence-corrected chi connectivity index (χ0v) is 13.1. The Hall–Kier alpha value is -1.30. The third kappa shape index (κ3) is 3.48. The SMILES string of the molecule is CCNC(c1ccccc1)c1nnc(C2CCCOC2)s1. The van der Waals surface area contributed by atoms with E-state index >= 15 is 0 Å². The number of hydrogen-bond donors (Lipinski definition) is 1. The summed E-state index contributed by atoms with van der Waals surface area (Å²) in [5, 5.41) is 14.5. The van der Waals surface area contributed by atoms with Crippen LogP contribution in [0.1, 0.15) is 47.3 Å². The lowest BCUT2D eigenvalue weighted by molar-refractivity contribution is 0.0802. The van der Waals surface area contributed by atoms with Gasteiger partial charge in [0.1, 0.15) is 10.0 Å². The van der Waals surface area contributed by atoms with Crippen molar-refractivity contribution in [3.8, 4) is 0 Å². The highest BCUT2D eigenvalue weighted by Gasteiger charge is 2.23. The predicted octanol–water partition coefficient (Wildman–Crippen LogP) is 3.13. The van der Waals surface area contributed by atoms with Crippen LogP contribution in [0.15, 0.2) is 30.3 Å². The van der Waals surface area contributed by atoms with Gasteiger partial charge in [0, 0.05) is 12.5 Å². The quantitative estimate of drug-likeness (QED) is 0.922. The molecule has 1 N–H and O–H groups in total. The summed E-state index contributed by atoms with van der Waals surface area (Å²) in [6.45, 7) is 4.69. The molecule has 2 aromatic rings. The molecule has 112 valence electrons. The molecular weight excluding hydrogens is 282 g/mol. The van der Waals surface area contributed by atoms with Crippen molar-refractivity contribution in [2.45, 2.75) is 31.7 Å². The number of rotatable bonds is 5. The molecular formula is C16H21N3OS. The van der Waals surface area contributed by atoms with Crippen molar-refractivity contribution in [3.63, 3.8) is 0 Å². The van der Waals surface area contributed by atoms with E-state index in [-0.39, 0.29) is 6.04 Å². The number of ether oxygens (including phenoxy) is 1. The standard InChI is InChI=1S/C16H21N3OS/c1-2-17-14(12-7-4-3-5-8-12)16-19-18-15(21-16)13-9-6-10-20-11-13/h3-5,7-8,13-14,17H,2,6,9-11H2,1H3. The first-order valence-electron chi connectivity index (χ1n) is 7.58. The van der Waals surface area contributed by atoms with Crippen molar-refractivity contribution in [2.24, 2.45) is 0 Å². The van der Waals surface area contributed by atoms with Crippen LogP contribution in [0.2, 0.25) is 0 Å². The summed E-state index contributed by atoms with van der Waals surface area (Å²) in [4.78, 5) is 0. The van der Waals surface area contributed by atoms with Gasteiger partial charge in [-0.1, -0.05) is 48.6 Å². The van der Waals surface area contributed by atoms with Gasteiger partial charge in [0.25, 0.3) is 0 Å². The van der Waals surface area contributed by atoms with Crippen LogP contribution >= 0.6 is 11.3 Å². The van der Waals surface area contributed by atoms with Crippen LogP contribution in [-0.4, -0.2) is 30.0 Å². The first-order chi connectivity index (χ1) is 10.4. The number of nitrogens with zero attached hydrogens (tertiary/aromatic N) is 2. The fraction of sp³-hybridized carbons (Fsp3) is 0.500. The predicted molar refractivity (Wildman–Crippen MR) is 84.7 cm³/mol. The molecule has 0 amide bonds. The Balaban J connectivity index is 1.81. The maximum Gasteiger partial charge on any atom is 0.139 e. The van der Waals surface area contributed by atoms with Crippen molar-refractivity contribution in [3.05, 3.63) is 45.9 Å². The third-order valence-electron chi connectivity index (χ3n) is 3.75. The van der Waals surface area contributed by atoms with Crippen LogP contribution in [0.5, 0.6) is 0 Å². The zero-order valence-electron chi connectivity index (χ0n) is 12.3. The highest BCUT2D eigenvalue weighted by atomic mass is 32.1. The molecule has 2 atom stereocenters. The smallest absolute Gasteiger partial charge is 0.139 e. The van der Waals surface area contributed by atoms with E-state index in [9.17, 15) is 0 Å². The maximum atomic E-state index is 5.56. The van der Waals surface area contributed by atoms with Crippen molar-refractivity contribution in [1.29, 1.82) is 0 Å². The minimum Gasteiger partial charge on any atom is -0.381 e. The summed E-state index contributed by atoms with van der Waals surface area (Å²) in [7, 11) is 0. The van der Waals surface area contributed by atoms with Crippen LogP contribution < -0.4 is 5.32 Å². The maximum absolute atomic E-state index is 5.56. The Labute approximate surface area is 129 Å². The van der Waals surface area contributed by atoms with E-state index in [1.807, 2.05) is 6.07 Å². The molecule has 1 aliphatic rings. The molecule has 2 heterocycles. The largest absolute Gasteiger partial charge is 0.381 e. The van der Waals surface area contributed by atoms with Gasteiger partial charge in [-0.05, 0) is 24.9 Å². The van der Waals surface area contributed by atoms with Crippen molar-refractivity contribution >= 4 is 11.3 Å². The van der Waals surface area contributed by atoms with E-state index in [2.05, 4.69) is 46.7 Å². The van der Waals surface area contributed by atoms with Crippen LogP contribution in [0, 0.1) is 0 Å². The van der Waals surface area contributed by atoms with Crippen molar-refractivity contribution in [2.75, 3.05) is 19.8 Å². The molecule has 21 heavy (non-hydrogen) atoms. The molecule has 0 aliphatic carbocycles. The molecule has 0 saturated carbocycles. The van der Waals surface area contributed by atoms with E-state index in [1.54, 1.807) is 11.3 Å². The van der Waals surface area contributed by atoms with E-state index in [1.165, 1.54) is 5.56 Å². The van der Waals surface area contributed by atoms with Crippen LogP contribution in [-0.2, 0) is 4.74 Å². The highest BCUT2D eigenvalue weighted by molar-refractivity contribution is 7.11. The lowest BCUT2D eigenvalue weighted by atomic mass is 10.0. The first kappa shape index (κ1) is 14.6. The summed E-state index contributed by atoms with van der Waals surface area (Å²) in [6, 6.07) is 10.6. The third-order valence-corrected chi connectivity index (χ3v) is 4.90. The second kappa shape index (κ2) is 7.11. The summed E-state index contributed by atoms with van der Waals surface area (Å²) in [6.07, 6.45) is 2.28. The average molecular weight is 303 g/mol. The molecule has 0 bridgehead atoms. The summed E-state index contributed by atoms with van der Waals surface area (Å²) in [5.41, 5.74) is 1.24. The lowest BCUT2D eigenvalue weighted by Gasteiger charge is -2.19. The molecule has 4 nitrogen and oxygen atoms in total. The number of benzene rings is 1. The highest BCUT2D eigenvalue weighted by Crippen LogP contribution is 2.31. The van der Waals surface area contributed by atoms with Gasteiger partial charge in [-0.15, -0.1) is 10.2 Å². The van der Waals surface area contributed by atoms with Crippen LogP contribution in [0.3, 0.4) is 0 Å². The molecule has 0 spiro atoms. The summed E-state index contributed by atoms with van der Waals surface area (Å²) in [5.74, 6) is 0.419. The fourth-order valence-corrected chi connectivity index (χ4v) is 3.73. The van der Waals surface area contributed by atoms with E-state index in [0.717, 1.165) is 42.6 Å². The molecule has 3 rings (SSSR count). The van der Waals surface area contributed by atoms with Gasteiger partial charge in [0.05, 0.1) is 12.6 Å². The molecule has 1 fully saturated rings. The minimum absolute atomic E-state index is 0.131. The van der Waals surface area contributed by atoms with Crippen LogP contribution in [0.4, 0.5) is 0 Å². The molecule has 1 aromatic carbocycles. The molecule has 1 aliphatic heterocycles. The summed E-state index contributed by atoms with van der Waals surface area (Å²) >= 11 is 1.72. The van der Waals surface area contributed by atoms with Crippen molar-refractivity contribution in [1.82, 2.24) is 15.5 Å². The van der Waals surface area contributed by atoms with Gasteiger partial charge in [-0.2, -0.15) is 0 Å². The number of hydrogen-bond acceptors (Lipinski definition) is 5. The van der Waals surface area contributed by atoms with E-state index in [4.69, 9.17) is 4.74 Å². The van der Waals surface area contributed by atoms with E-state index in [0.29, 0.717) is 5.92 Å². The molecule has 0 radical (unpaired) electrons. The normalized spacial score (nSPS) is 20.3. The monoisotopic (exact) mass is 303 g/mol. The van der Waals surface area contributed by atoms with Gasteiger partial charge in [0.15, 0.2) is 0 Å². The second-order valence-corrected chi connectivity index (χ2v) is 6.33. The van der Waals surface area contributed by atoms with Crippen molar-refractivity contribution < 1.29 is 4.74 Å². The average Bonchev–Trinajstić information content (AvgIpc) is 3.04. The minimum atomic E-state index is 0.131. The van der Waals surface area contributed by atoms with Gasteiger partial charge in [-0.25, -0.2) is 0 Å². The molecule has 1 aromatic heterocycles. The molecule has 5 heteroatoms. The second-order valence-electron chi connectivity index (χ2n) is 5.29. The number of aromatic nitrogens is 2. The topological polar surface area (TPSA) is 47.0 Å². The Morgan fingerprint density at radius 3 is 2.90 bits per heavy atom. The van der Waals surface area contributed by atoms with Gasteiger partial charge in [0.2, 0.25) is 0 Å². The zero-order chi connectivity index (χ0) is 14.5. The molecule has 2 unspecified atom stereocenters. The Morgan fingerprint density at radius 1 is 1.33 bits per heavy atom. The van der Waals surface area contributed by atoms with Gasteiger partial charge >= 0.3 is 0 Å². The molecule has 1 saturated heterocycles. The van der Waals surface area contributed by atoms with Gasteiger partial charge in [-0.3, -0.25) is 0 Å². The lowest BCUT2D eigenvalue weighted by Crippen LogP contribution is -2.21. The Kier molecular flexibility index (Phi) is 4.95. The Morgan fingerprint density at radius 2 is 2.19 bits per heavy atom. The van der Waals surface area contributed by atoms with E-state index < -0.39 is 0 Å². The first-order valence-corrected chi connectivity index (χ1v) is 8.39. The van der Waals surface area contributed by atoms with Gasteiger partial charge < -0.3 is 10.1 Å².